The molecule has 1 aliphatic carbocycles. The van der Waals surface area contributed by atoms with Gasteiger partial charge in [-0.25, -0.2) is 4.98 Å². The second-order valence-electron chi connectivity index (χ2n) is 6.66. The van der Waals surface area contributed by atoms with E-state index in [1.807, 2.05) is 6.92 Å². The van der Waals surface area contributed by atoms with E-state index >= 15 is 0 Å². The topological polar surface area (TPSA) is 17.8 Å². The van der Waals surface area contributed by atoms with Crippen LogP contribution in [0.5, 0.6) is 0 Å². The molecule has 1 aliphatic rings. The molecule has 0 amide bonds. The minimum Gasteiger partial charge on any atom is -0.326 e. The molecule has 1 aromatic carbocycles. The average Bonchev–Trinajstić information content (AvgIpc) is 2.82. The van der Waals surface area contributed by atoms with Gasteiger partial charge in [-0.05, 0) is 43.7 Å². The van der Waals surface area contributed by atoms with E-state index < -0.39 is 0 Å². The molecular formula is C18H25ClN2. The Morgan fingerprint density at radius 3 is 2.81 bits per heavy atom. The van der Waals surface area contributed by atoms with E-state index in [1.165, 1.54) is 36.8 Å². The number of halogens is 1. The predicted molar refractivity (Wildman–Crippen MR) is 89.9 cm³/mol. The number of benzene rings is 1. The first-order chi connectivity index (χ1) is 10.1. The molecule has 1 heterocycles. The van der Waals surface area contributed by atoms with Crippen LogP contribution >= 0.6 is 11.6 Å². The van der Waals surface area contributed by atoms with Crippen molar-refractivity contribution in [3.05, 3.63) is 29.6 Å². The minimum absolute atomic E-state index is 0.0457. The lowest BCUT2D eigenvalue weighted by Gasteiger charge is -2.30. The molecule has 114 valence electrons. The third kappa shape index (κ3) is 2.83. The molecule has 2 aromatic rings. The van der Waals surface area contributed by atoms with Crippen LogP contribution in [0.3, 0.4) is 0 Å². The summed E-state index contributed by atoms with van der Waals surface area (Å²) in [6, 6.07) is 6.44. The van der Waals surface area contributed by atoms with Crippen molar-refractivity contribution in [2.24, 2.45) is 11.8 Å². The number of hydrogen-bond donors (Lipinski definition) is 0. The number of hydrogen-bond acceptors (Lipinski definition) is 1. The Morgan fingerprint density at radius 2 is 2.10 bits per heavy atom. The summed E-state index contributed by atoms with van der Waals surface area (Å²) in [7, 11) is 0. The summed E-state index contributed by atoms with van der Waals surface area (Å²) in [5, 5.41) is -0.0457. The highest BCUT2D eigenvalue weighted by Crippen LogP contribution is 2.34. The van der Waals surface area contributed by atoms with Crippen LogP contribution in [-0.4, -0.2) is 9.55 Å². The van der Waals surface area contributed by atoms with E-state index in [-0.39, 0.29) is 5.38 Å². The van der Waals surface area contributed by atoms with Crippen LogP contribution < -0.4 is 0 Å². The van der Waals surface area contributed by atoms with Crippen molar-refractivity contribution < 1.29 is 0 Å². The number of rotatable bonds is 3. The predicted octanol–water partition coefficient (Wildman–Crippen LogP) is 5.47. The van der Waals surface area contributed by atoms with Gasteiger partial charge in [-0.3, -0.25) is 0 Å². The molecule has 0 aliphatic heterocycles. The fourth-order valence-corrected chi connectivity index (χ4v) is 3.87. The van der Waals surface area contributed by atoms with Crippen LogP contribution in [-0.2, 0) is 6.54 Å². The standard InChI is InChI=1S/C18H25ClN2/c1-12-7-4-5-9-15(12)11-21-16-10-6-8-13(2)17(16)20-18(21)14(3)19/h6,8,10,12,14-15H,4-5,7,9,11H2,1-3H3. The van der Waals surface area contributed by atoms with Crippen LogP contribution in [0.15, 0.2) is 18.2 Å². The lowest BCUT2D eigenvalue weighted by atomic mass is 9.80. The molecule has 21 heavy (non-hydrogen) atoms. The maximum atomic E-state index is 6.40. The number of para-hydroxylation sites is 1. The molecule has 3 atom stereocenters. The zero-order chi connectivity index (χ0) is 15.0. The van der Waals surface area contributed by atoms with Gasteiger partial charge in [0.25, 0.3) is 0 Å². The molecule has 1 saturated carbocycles. The van der Waals surface area contributed by atoms with Gasteiger partial charge in [0, 0.05) is 6.54 Å². The lowest BCUT2D eigenvalue weighted by molar-refractivity contribution is 0.228. The number of aryl methyl sites for hydroxylation is 1. The van der Waals surface area contributed by atoms with E-state index in [9.17, 15) is 0 Å². The van der Waals surface area contributed by atoms with Gasteiger partial charge < -0.3 is 4.57 Å². The van der Waals surface area contributed by atoms with Crippen LogP contribution in [0, 0.1) is 18.8 Å². The second-order valence-corrected chi connectivity index (χ2v) is 7.32. The van der Waals surface area contributed by atoms with Gasteiger partial charge >= 0.3 is 0 Å². The Kier molecular flexibility index (Phi) is 4.26. The Balaban J connectivity index is 2.03. The summed E-state index contributed by atoms with van der Waals surface area (Å²) in [5.74, 6) is 2.59. The number of fused-ring (bicyclic) bond motifs is 1. The maximum Gasteiger partial charge on any atom is 0.127 e. The molecule has 1 aromatic heterocycles. The van der Waals surface area contributed by atoms with Crippen LogP contribution in [0.25, 0.3) is 11.0 Å². The summed E-state index contributed by atoms with van der Waals surface area (Å²) < 4.78 is 2.38. The quantitative estimate of drug-likeness (QED) is 0.687. The van der Waals surface area contributed by atoms with Gasteiger partial charge in [-0.1, -0.05) is 38.3 Å². The van der Waals surface area contributed by atoms with Crippen molar-refractivity contribution in [3.8, 4) is 0 Å². The fourth-order valence-electron chi connectivity index (χ4n) is 3.70. The van der Waals surface area contributed by atoms with Crippen LogP contribution in [0.4, 0.5) is 0 Å². The molecule has 1 fully saturated rings. The monoisotopic (exact) mass is 304 g/mol. The van der Waals surface area contributed by atoms with Crippen LogP contribution in [0.1, 0.15) is 56.3 Å². The fraction of sp³-hybridized carbons (Fsp3) is 0.611. The zero-order valence-corrected chi connectivity index (χ0v) is 14.0. The molecule has 2 nitrogen and oxygen atoms in total. The molecular weight excluding hydrogens is 280 g/mol. The van der Waals surface area contributed by atoms with Gasteiger partial charge in [0.15, 0.2) is 0 Å². The summed E-state index contributed by atoms with van der Waals surface area (Å²) in [5.41, 5.74) is 3.60. The number of aromatic nitrogens is 2. The minimum atomic E-state index is -0.0457. The zero-order valence-electron chi connectivity index (χ0n) is 13.3. The number of imidazole rings is 1. The Morgan fingerprint density at radius 1 is 1.33 bits per heavy atom. The molecule has 0 radical (unpaired) electrons. The first-order valence-corrected chi connectivity index (χ1v) is 8.61. The Labute approximate surface area is 132 Å². The Hall–Kier alpha value is -1.02. The van der Waals surface area contributed by atoms with Gasteiger partial charge in [0.1, 0.15) is 5.82 Å². The summed E-state index contributed by atoms with van der Waals surface area (Å²) in [4.78, 5) is 4.83. The highest BCUT2D eigenvalue weighted by atomic mass is 35.5. The largest absolute Gasteiger partial charge is 0.326 e. The van der Waals surface area contributed by atoms with Crippen molar-refractivity contribution in [2.75, 3.05) is 0 Å². The van der Waals surface area contributed by atoms with Crippen molar-refractivity contribution in [2.45, 2.75) is 58.4 Å². The molecule has 0 N–H and O–H groups in total. The molecule has 3 unspecified atom stereocenters. The summed E-state index contributed by atoms with van der Waals surface area (Å²) in [6.07, 6.45) is 5.46. The lowest BCUT2D eigenvalue weighted by Crippen LogP contribution is -2.23. The van der Waals surface area contributed by atoms with Crippen molar-refractivity contribution in [1.29, 1.82) is 0 Å². The SMILES string of the molecule is Cc1cccc2c1nc(C(C)Cl)n2CC1CCCCC1C. The van der Waals surface area contributed by atoms with Gasteiger partial charge in [-0.15, -0.1) is 11.6 Å². The normalized spacial score (nSPS) is 24.4. The highest BCUT2D eigenvalue weighted by Gasteiger charge is 2.24. The van der Waals surface area contributed by atoms with Crippen molar-refractivity contribution >= 4 is 22.6 Å². The second kappa shape index (κ2) is 6.00. The van der Waals surface area contributed by atoms with Gasteiger partial charge in [0.2, 0.25) is 0 Å². The molecule has 3 heteroatoms. The average molecular weight is 305 g/mol. The third-order valence-electron chi connectivity index (χ3n) is 5.07. The molecule has 3 rings (SSSR count). The van der Waals surface area contributed by atoms with Gasteiger partial charge in [0.05, 0.1) is 16.4 Å². The third-order valence-corrected chi connectivity index (χ3v) is 5.27. The van der Waals surface area contributed by atoms with Crippen LogP contribution in [0.2, 0.25) is 0 Å². The van der Waals surface area contributed by atoms with E-state index in [1.54, 1.807) is 0 Å². The number of nitrogens with zero attached hydrogens (tertiary/aromatic N) is 2. The van der Waals surface area contributed by atoms with Gasteiger partial charge in [-0.2, -0.15) is 0 Å². The summed E-state index contributed by atoms with van der Waals surface area (Å²) >= 11 is 6.40. The smallest absolute Gasteiger partial charge is 0.127 e. The van der Waals surface area contributed by atoms with E-state index in [4.69, 9.17) is 16.6 Å². The van der Waals surface area contributed by atoms with Crippen molar-refractivity contribution in [3.63, 3.8) is 0 Å². The molecule has 0 saturated heterocycles. The van der Waals surface area contributed by atoms with Crippen molar-refractivity contribution in [1.82, 2.24) is 9.55 Å². The Bertz CT molecular complexity index is 629. The first-order valence-electron chi connectivity index (χ1n) is 8.17. The van der Waals surface area contributed by atoms with E-state index in [0.717, 1.165) is 29.7 Å². The highest BCUT2D eigenvalue weighted by molar-refractivity contribution is 6.20. The molecule has 0 spiro atoms. The number of alkyl halides is 1. The maximum absolute atomic E-state index is 6.40. The van der Waals surface area contributed by atoms with E-state index in [2.05, 4.69) is 36.6 Å². The first kappa shape index (κ1) is 14.9. The summed E-state index contributed by atoms with van der Waals surface area (Å²) in [6.45, 7) is 7.62. The molecule has 0 bridgehead atoms. The van der Waals surface area contributed by atoms with E-state index in [0.29, 0.717) is 0 Å².